The second kappa shape index (κ2) is 10.8. The van der Waals surface area contributed by atoms with Crippen LogP contribution in [0.15, 0.2) is 54.6 Å². The van der Waals surface area contributed by atoms with Gasteiger partial charge < -0.3 is 14.2 Å². The maximum atomic E-state index is 12.5. The Bertz CT molecular complexity index is 898. The van der Waals surface area contributed by atoms with E-state index >= 15 is 0 Å². The maximum absolute atomic E-state index is 12.5. The van der Waals surface area contributed by atoms with Gasteiger partial charge in [0.1, 0.15) is 17.1 Å². The molecule has 6 heteroatoms. The number of para-hydroxylation sites is 1. The van der Waals surface area contributed by atoms with E-state index in [2.05, 4.69) is 13.8 Å². The van der Waals surface area contributed by atoms with Gasteiger partial charge in [0.25, 0.3) is 0 Å². The largest absolute Gasteiger partial charge is 0.463 e. The molecule has 2 aromatic rings. The topological polar surface area (TPSA) is 78.9 Å². The van der Waals surface area contributed by atoms with Gasteiger partial charge in [0, 0.05) is 13.0 Å². The van der Waals surface area contributed by atoms with E-state index in [9.17, 15) is 14.4 Å². The summed E-state index contributed by atoms with van der Waals surface area (Å²) in [6.45, 7) is 5.74. The highest BCUT2D eigenvalue weighted by Gasteiger charge is 2.16. The Balaban J connectivity index is 2.03. The lowest BCUT2D eigenvalue weighted by atomic mass is 10.1. The van der Waals surface area contributed by atoms with Crippen molar-refractivity contribution >= 4 is 24.0 Å². The Labute approximate surface area is 170 Å². The van der Waals surface area contributed by atoms with Gasteiger partial charge in [-0.15, -0.1) is 0 Å². The second-order valence-electron chi connectivity index (χ2n) is 6.74. The molecule has 0 unspecified atom stereocenters. The van der Waals surface area contributed by atoms with Crippen LogP contribution in [0.2, 0.25) is 0 Å². The first-order chi connectivity index (χ1) is 13.8. The Hall–Kier alpha value is -3.41. The van der Waals surface area contributed by atoms with Crippen LogP contribution in [0.25, 0.3) is 6.08 Å². The van der Waals surface area contributed by atoms with E-state index in [1.165, 1.54) is 25.1 Å². The zero-order chi connectivity index (χ0) is 21.2. The quantitative estimate of drug-likeness (QED) is 0.373. The van der Waals surface area contributed by atoms with Crippen molar-refractivity contribution < 1.29 is 28.6 Å². The van der Waals surface area contributed by atoms with E-state index < -0.39 is 17.9 Å². The van der Waals surface area contributed by atoms with Crippen molar-refractivity contribution in [2.75, 3.05) is 6.61 Å². The number of hydrogen-bond acceptors (Lipinski definition) is 6. The van der Waals surface area contributed by atoms with Crippen LogP contribution in [0.4, 0.5) is 0 Å². The SMILES string of the molecule is CC(=O)Oc1ccccc1C(=O)Oc1cccc(/C=C/C(=O)OCCC(C)C)c1. The Morgan fingerprint density at radius 3 is 2.48 bits per heavy atom. The molecule has 152 valence electrons. The van der Waals surface area contributed by atoms with E-state index in [4.69, 9.17) is 14.2 Å². The predicted octanol–water partition coefficient (Wildman–Crippen LogP) is 4.43. The summed E-state index contributed by atoms with van der Waals surface area (Å²) in [7, 11) is 0. The fourth-order valence-electron chi connectivity index (χ4n) is 2.33. The summed E-state index contributed by atoms with van der Waals surface area (Å²) in [5.74, 6) is -0.727. The lowest BCUT2D eigenvalue weighted by molar-refractivity contribution is -0.138. The zero-order valence-corrected chi connectivity index (χ0v) is 16.7. The maximum Gasteiger partial charge on any atom is 0.347 e. The first-order valence-electron chi connectivity index (χ1n) is 9.29. The minimum Gasteiger partial charge on any atom is -0.463 e. The number of hydrogen-bond donors (Lipinski definition) is 0. The Morgan fingerprint density at radius 1 is 1.00 bits per heavy atom. The van der Waals surface area contributed by atoms with Crippen molar-refractivity contribution in [1.82, 2.24) is 0 Å². The number of esters is 3. The average Bonchev–Trinajstić information content (AvgIpc) is 2.66. The minimum atomic E-state index is -0.656. The van der Waals surface area contributed by atoms with Gasteiger partial charge in [-0.05, 0) is 48.2 Å². The summed E-state index contributed by atoms with van der Waals surface area (Å²) in [5, 5.41) is 0. The molecule has 0 heterocycles. The van der Waals surface area contributed by atoms with Crippen LogP contribution in [0.1, 0.15) is 43.1 Å². The van der Waals surface area contributed by atoms with Gasteiger partial charge in [-0.25, -0.2) is 9.59 Å². The standard InChI is InChI=1S/C23H24O6/c1-16(2)13-14-27-22(25)12-11-18-7-6-8-19(15-18)29-23(26)20-9-4-5-10-21(20)28-17(3)24/h4-12,15-16H,13-14H2,1-3H3/b12-11+. The molecule has 2 rings (SSSR count). The highest BCUT2D eigenvalue weighted by Crippen LogP contribution is 2.22. The van der Waals surface area contributed by atoms with Crippen LogP contribution < -0.4 is 9.47 Å². The molecule has 0 aliphatic heterocycles. The van der Waals surface area contributed by atoms with Crippen molar-refractivity contribution in [3.8, 4) is 11.5 Å². The van der Waals surface area contributed by atoms with Crippen molar-refractivity contribution in [3.05, 3.63) is 65.7 Å². The monoisotopic (exact) mass is 396 g/mol. The van der Waals surface area contributed by atoms with Crippen molar-refractivity contribution in [3.63, 3.8) is 0 Å². The van der Waals surface area contributed by atoms with Crippen LogP contribution in [0, 0.1) is 5.92 Å². The van der Waals surface area contributed by atoms with Crippen LogP contribution in [0.3, 0.4) is 0 Å². The first kappa shape index (κ1) is 21.9. The molecule has 6 nitrogen and oxygen atoms in total. The predicted molar refractivity (Wildman–Crippen MR) is 109 cm³/mol. The zero-order valence-electron chi connectivity index (χ0n) is 16.7. The smallest absolute Gasteiger partial charge is 0.347 e. The van der Waals surface area contributed by atoms with Crippen molar-refractivity contribution in [2.24, 2.45) is 5.92 Å². The number of rotatable bonds is 8. The van der Waals surface area contributed by atoms with Gasteiger partial charge >= 0.3 is 17.9 Å². The fraction of sp³-hybridized carbons (Fsp3) is 0.261. The molecule has 0 spiro atoms. The van der Waals surface area contributed by atoms with Crippen molar-refractivity contribution in [1.29, 1.82) is 0 Å². The van der Waals surface area contributed by atoms with Crippen molar-refractivity contribution in [2.45, 2.75) is 27.2 Å². The van der Waals surface area contributed by atoms with Gasteiger partial charge in [-0.1, -0.05) is 38.1 Å². The molecule has 0 atom stereocenters. The molecule has 0 saturated heterocycles. The molecule has 0 bridgehead atoms. The second-order valence-corrected chi connectivity index (χ2v) is 6.74. The van der Waals surface area contributed by atoms with E-state index in [0.717, 1.165) is 6.42 Å². The van der Waals surface area contributed by atoms with E-state index in [0.29, 0.717) is 23.8 Å². The number of benzene rings is 2. The molecule has 29 heavy (non-hydrogen) atoms. The number of carbonyl (C=O) groups excluding carboxylic acids is 3. The van der Waals surface area contributed by atoms with Crippen LogP contribution in [-0.4, -0.2) is 24.5 Å². The molecule has 0 radical (unpaired) electrons. The summed E-state index contributed by atoms with van der Waals surface area (Å²) in [4.78, 5) is 35.4. The normalized spacial score (nSPS) is 10.8. The average molecular weight is 396 g/mol. The minimum absolute atomic E-state index is 0.130. The third kappa shape index (κ3) is 7.62. The molecule has 0 N–H and O–H groups in total. The fourth-order valence-corrected chi connectivity index (χ4v) is 2.33. The lowest BCUT2D eigenvalue weighted by Gasteiger charge is -2.09. The van der Waals surface area contributed by atoms with E-state index in [1.54, 1.807) is 42.5 Å². The van der Waals surface area contributed by atoms with Crippen LogP contribution in [-0.2, 0) is 14.3 Å². The summed E-state index contributed by atoms with van der Waals surface area (Å²) in [6, 6.07) is 13.0. The highest BCUT2D eigenvalue weighted by molar-refractivity contribution is 5.95. The summed E-state index contributed by atoms with van der Waals surface area (Å²) >= 11 is 0. The summed E-state index contributed by atoms with van der Waals surface area (Å²) in [5.41, 5.74) is 0.807. The molecule has 2 aromatic carbocycles. The third-order valence-electron chi connectivity index (χ3n) is 3.78. The lowest BCUT2D eigenvalue weighted by Crippen LogP contribution is -2.12. The highest BCUT2D eigenvalue weighted by atomic mass is 16.6. The molecule has 0 saturated carbocycles. The molecule has 0 aromatic heterocycles. The molecule has 0 aliphatic rings. The summed E-state index contributed by atoms with van der Waals surface area (Å²) in [6.07, 6.45) is 3.72. The van der Waals surface area contributed by atoms with Gasteiger partial charge in [0.15, 0.2) is 0 Å². The third-order valence-corrected chi connectivity index (χ3v) is 3.78. The molecular formula is C23H24O6. The van der Waals surface area contributed by atoms with Gasteiger partial charge in [-0.2, -0.15) is 0 Å². The first-order valence-corrected chi connectivity index (χ1v) is 9.29. The Kier molecular flexibility index (Phi) is 8.15. The Morgan fingerprint density at radius 2 is 1.76 bits per heavy atom. The van der Waals surface area contributed by atoms with Gasteiger partial charge in [0.05, 0.1) is 6.61 Å². The molecule has 0 fully saturated rings. The van der Waals surface area contributed by atoms with E-state index in [1.807, 2.05) is 0 Å². The van der Waals surface area contributed by atoms with Crippen LogP contribution >= 0.6 is 0 Å². The molecular weight excluding hydrogens is 372 g/mol. The van der Waals surface area contributed by atoms with Crippen LogP contribution in [0.5, 0.6) is 11.5 Å². The molecule has 0 amide bonds. The van der Waals surface area contributed by atoms with Gasteiger partial charge in [0.2, 0.25) is 0 Å². The van der Waals surface area contributed by atoms with E-state index in [-0.39, 0.29) is 11.3 Å². The number of carbonyl (C=O) groups is 3. The number of ether oxygens (including phenoxy) is 3. The summed E-state index contributed by atoms with van der Waals surface area (Å²) < 4.78 is 15.5. The van der Waals surface area contributed by atoms with Gasteiger partial charge in [-0.3, -0.25) is 4.79 Å². The molecule has 0 aliphatic carbocycles.